The highest BCUT2D eigenvalue weighted by Crippen LogP contribution is 2.35. The molecule has 3 aromatic carbocycles. The van der Waals surface area contributed by atoms with Gasteiger partial charge in [-0.05, 0) is 41.5 Å². The SMILES string of the molecule is O=C(/C=C/c1ccccc1)Nc1ccc2c(c1)OCC(=O)N2Cc1ccc(F)cc1. The summed E-state index contributed by atoms with van der Waals surface area (Å²) in [5.74, 6) is -0.279. The van der Waals surface area contributed by atoms with Crippen molar-refractivity contribution in [3.63, 3.8) is 0 Å². The van der Waals surface area contributed by atoms with Crippen LogP contribution in [-0.4, -0.2) is 18.4 Å². The molecule has 0 spiro atoms. The lowest BCUT2D eigenvalue weighted by Crippen LogP contribution is -2.38. The van der Waals surface area contributed by atoms with Gasteiger partial charge in [0.05, 0.1) is 12.2 Å². The number of hydrogen-bond acceptors (Lipinski definition) is 3. The summed E-state index contributed by atoms with van der Waals surface area (Å²) in [5, 5.41) is 2.79. The average molecular weight is 402 g/mol. The third-order valence-electron chi connectivity index (χ3n) is 4.65. The minimum absolute atomic E-state index is 0.0977. The van der Waals surface area contributed by atoms with E-state index in [0.717, 1.165) is 11.1 Å². The van der Waals surface area contributed by atoms with E-state index in [1.807, 2.05) is 30.3 Å². The van der Waals surface area contributed by atoms with Crippen molar-refractivity contribution in [2.45, 2.75) is 6.54 Å². The maximum Gasteiger partial charge on any atom is 0.265 e. The molecule has 1 N–H and O–H groups in total. The lowest BCUT2D eigenvalue weighted by atomic mass is 10.1. The molecule has 0 unspecified atom stereocenters. The van der Waals surface area contributed by atoms with E-state index in [9.17, 15) is 14.0 Å². The molecule has 1 heterocycles. The standard InChI is InChI=1S/C24H19FN2O3/c25-19-9-6-18(7-10-19)15-27-21-12-11-20(14-22(21)30-16-24(27)29)26-23(28)13-8-17-4-2-1-3-5-17/h1-14H,15-16H2,(H,26,28)/b13-8+. The molecule has 0 radical (unpaired) electrons. The Labute approximate surface area is 173 Å². The molecular formula is C24H19FN2O3. The molecule has 0 saturated carbocycles. The molecule has 0 saturated heterocycles. The highest BCUT2D eigenvalue weighted by atomic mass is 19.1. The van der Waals surface area contributed by atoms with Gasteiger partial charge in [-0.1, -0.05) is 42.5 Å². The third kappa shape index (κ3) is 4.55. The van der Waals surface area contributed by atoms with E-state index < -0.39 is 0 Å². The monoisotopic (exact) mass is 402 g/mol. The Morgan fingerprint density at radius 1 is 1.07 bits per heavy atom. The van der Waals surface area contributed by atoms with Crippen LogP contribution in [0.15, 0.2) is 78.9 Å². The Kier molecular flexibility index (Phi) is 5.57. The van der Waals surface area contributed by atoms with Crippen LogP contribution in [0.4, 0.5) is 15.8 Å². The number of rotatable bonds is 5. The van der Waals surface area contributed by atoms with Gasteiger partial charge in [0.2, 0.25) is 5.91 Å². The molecule has 6 heteroatoms. The van der Waals surface area contributed by atoms with E-state index in [0.29, 0.717) is 23.7 Å². The smallest absolute Gasteiger partial charge is 0.265 e. The molecular weight excluding hydrogens is 383 g/mol. The second-order valence-electron chi connectivity index (χ2n) is 6.81. The van der Waals surface area contributed by atoms with Crippen LogP contribution in [0.25, 0.3) is 6.08 Å². The zero-order valence-corrected chi connectivity index (χ0v) is 16.0. The number of nitrogens with one attached hydrogen (secondary N) is 1. The number of carbonyl (C=O) groups is 2. The molecule has 1 aliphatic rings. The summed E-state index contributed by atoms with van der Waals surface area (Å²) in [5.41, 5.74) is 2.90. The fraction of sp³-hybridized carbons (Fsp3) is 0.0833. The van der Waals surface area contributed by atoms with Gasteiger partial charge >= 0.3 is 0 Å². The number of carbonyl (C=O) groups excluding carboxylic acids is 2. The average Bonchev–Trinajstić information content (AvgIpc) is 2.76. The van der Waals surface area contributed by atoms with E-state index >= 15 is 0 Å². The van der Waals surface area contributed by atoms with Gasteiger partial charge in [-0.2, -0.15) is 0 Å². The van der Waals surface area contributed by atoms with Crippen LogP contribution in [0.2, 0.25) is 0 Å². The van der Waals surface area contributed by atoms with E-state index in [4.69, 9.17) is 4.74 Å². The molecule has 0 fully saturated rings. The number of ether oxygens (including phenoxy) is 1. The molecule has 2 amide bonds. The van der Waals surface area contributed by atoms with Gasteiger partial charge in [0, 0.05) is 17.8 Å². The molecule has 30 heavy (non-hydrogen) atoms. The zero-order valence-electron chi connectivity index (χ0n) is 16.0. The number of anilines is 2. The number of nitrogens with zero attached hydrogens (tertiary/aromatic N) is 1. The summed E-state index contributed by atoms with van der Waals surface area (Å²) in [6.07, 6.45) is 3.19. The Hall–Kier alpha value is -3.93. The van der Waals surface area contributed by atoms with Crippen molar-refractivity contribution in [2.24, 2.45) is 0 Å². The Balaban J connectivity index is 1.48. The molecule has 5 nitrogen and oxygen atoms in total. The fourth-order valence-electron chi connectivity index (χ4n) is 3.15. The second kappa shape index (κ2) is 8.61. The van der Waals surface area contributed by atoms with Crippen molar-refractivity contribution >= 4 is 29.3 Å². The van der Waals surface area contributed by atoms with Crippen molar-refractivity contribution in [1.29, 1.82) is 0 Å². The summed E-state index contributed by atoms with van der Waals surface area (Å²) in [7, 11) is 0. The fourth-order valence-corrected chi connectivity index (χ4v) is 3.15. The quantitative estimate of drug-likeness (QED) is 0.644. The Morgan fingerprint density at radius 2 is 1.83 bits per heavy atom. The lowest BCUT2D eigenvalue weighted by Gasteiger charge is -2.29. The first-order valence-corrected chi connectivity index (χ1v) is 9.44. The summed E-state index contributed by atoms with van der Waals surface area (Å²) in [4.78, 5) is 26.2. The molecule has 150 valence electrons. The predicted molar refractivity (Wildman–Crippen MR) is 114 cm³/mol. The van der Waals surface area contributed by atoms with Crippen LogP contribution in [0.3, 0.4) is 0 Å². The van der Waals surface area contributed by atoms with Crippen LogP contribution in [0.5, 0.6) is 5.75 Å². The summed E-state index contributed by atoms with van der Waals surface area (Å²) in [6, 6.07) is 20.7. The van der Waals surface area contributed by atoms with Gasteiger partial charge in [-0.15, -0.1) is 0 Å². The molecule has 3 aromatic rings. The van der Waals surface area contributed by atoms with Crippen LogP contribution in [0, 0.1) is 5.82 Å². The van der Waals surface area contributed by atoms with E-state index in [2.05, 4.69) is 5.32 Å². The normalized spacial score (nSPS) is 13.1. The van der Waals surface area contributed by atoms with Crippen molar-refractivity contribution in [1.82, 2.24) is 0 Å². The van der Waals surface area contributed by atoms with Crippen molar-refractivity contribution < 1.29 is 18.7 Å². The zero-order chi connectivity index (χ0) is 20.9. The topological polar surface area (TPSA) is 58.6 Å². The molecule has 1 aliphatic heterocycles. The van der Waals surface area contributed by atoms with E-state index in [-0.39, 0.29) is 24.2 Å². The first-order valence-electron chi connectivity index (χ1n) is 9.44. The van der Waals surface area contributed by atoms with Crippen molar-refractivity contribution in [3.8, 4) is 5.75 Å². The minimum atomic E-state index is -0.325. The Morgan fingerprint density at radius 3 is 2.60 bits per heavy atom. The van der Waals surface area contributed by atoms with Crippen molar-refractivity contribution in [2.75, 3.05) is 16.8 Å². The van der Waals surface area contributed by atoms with Crippen LogP contribution >= 0.6 is 0 Å². The predicted octanol–water partition coefficient (Wildman–Crippen LogP) is 4.40. The first-order chi connectivity index (χ1) is 14.6. The van der Waals surface area contributed by atoms with E-state index in [1.54, 1.807) is 41.3 Å². The highest BCUT2D eigenvalue weighted by Gasteiger charge is 2.26. The number of halogens is 1. The second-order valence-corrected chi connectivity index (χ2v) is 6.81. The van der Waals surface area contributed by atoms with Gasteiger partial charge in [0.15, 0.2) is 6.61 Å². The number of fused-ring (bicyclic) bond motifs is 1. The summed E-state index contributed by atoms with van der Waals surface area (Å²) in [6.45, 7) is 0.209. The molecule has 0 bridgehead atoms. The molecule has 4 rings (SSSR count). The van der Waals surface area contributed by atoms with Crippen LogP contribution in [0.1, 0.15) is 11.1 Å². The number of amides is 2. The maximum atomic E-state index is 13.1. The van der Waals surface area contributed by atoms with Gasteiger partial charge in [-0.3, -0.25) is 9.59 Å². The minimum Gasteiger partial charge on any atom is -0.481 e. The maximum absolute atomic E-state index is 13.1. The van der Waals surface area contributed by atoms with Gasteiger partial charge < -0.3 is 15.0 Å². The summed E-state index contributed by atoms with van der Waals surface area (Å²) < 4.78 is 18.7. The van der Waals surface area contributed by atoms with Crippen molar-refractivity contribution in [3.05, 3.63) is 95.8 Å². The Bertz CT molecular complexity index is 1100. The first kappa shape index (κ1) is 19.4. The molecule has 0 aromatic heterocycles. The lowest BCUT2D eigenvalue weighted by molar-refractivity contribution is -0.121. The van der Waals surface area contributed by atoms with Gasteiger partial charge in [0.25, 0.3) is 5.91 Å². The number of benzene rings is 3. The largest absolute Gasteiger partial charge is 0.481 e. The molecule has 0 atom stereocenters. The third-order valence-corrected chi connectivity index (χ3v) is 4.65. The van der Waals surface area contributed by atoms with Crippen LogP contribution < -0.4 is 15.0 Å². The number of hydrogen-bond donors (Lipinski definition) is 1. The highest BCUT2D eigenvalue weighted by molar-refractivity contribution is 6.03. The summed E-state index contributed by atoms with van der Waals surface area (Å²) >= 11 is 0. The van der Waals surface area contributed by atoms with E-state index in [1.165, 1.54) is 18.2 Å². The van der Waals surface area contributed by atoms with Gasteiger partial charge in [0.1, 0.15) is 11.6 Å². The molecule has 0 aliphatic carbocycles. The van der Waals surface area contributed by atoms with Gasteiger partial charge in [-0.25, -0.2) is 4.39 Å². The van der Waals surface area contributed by atoms with Crippen LogP contribution in [-0.2, 0) is 16.1 Å².